The summed E-state index contributed by atoms with van der Waals surface area (Å²) in [6.07, 6.45) is 8.29. The van der Waals surface area contributed by atoms with Crippen molar-refractivity contribution in [3.8, 4) is 0 Å². The molecule has 1 aromatic carbocycles. The zero-order valence-corrected chi connectivity index (χ0v) is 13.9. The minimum Gasteiger partial charge on any atom is -0.388 e. The van der Waals surface area contributed by atoms with Crippen molar-refractivity contribution >= 4 is 5.69 Å². The van der Waals surface area contributed by atoms with E-state index in [0.29, 0.717) is 0 Å². The van der Waals surface area contributed by atoms with E-state index < -0.39 is 0 Å². The van der Waals surface area contributed by atoms with Gasteiger partial charge in [-0.05, 0) is 62.4 Å². The molecule has 0 bridgehead atoms. The van der Waals surface area contributed by atoms with Gasteiger partial charge in [0.25, 0.3) is 0 Å². The lowest BCUT2D eigenvalue weighted by atomic mass is 9.96. The summed E-state index contributed by atoms with van der Waals surface area (Å²) in [6, 6.07) is 6.55. The van der Waals surface area contributed by atoms with Gasteiger partial charge in [-0.3, -0.25) is 0 Å². The van der Waals surface area contributed by atoms with Gasteiger partial charge in [-0.15, -0.1) is 0 Å². The lowest BCUT2D eigenvalue weighted by Gasteiger charge is -2.28. The molecule has 1 N–H and O–H groups in total. The molecule has 1 unspecified atom stereocenters. The first-order valence-electron chi connectivity index (χ1n) is 8.98. The summed E-state index contributed by atoms with van der Waals surface area (Å²) in [7, 11) is 2.16. The number of anilines is 1. The third-order valence-corrected chi connectivity index (χ3v) is 5.26. The maximum atomic E-state index is 10.5. The largest absolute Gasteiger partial charge is 0.388 e. The van der Waals surface area contributed by atoms with Crippen LogP contribution in [0.15, 0.2) is 18.2 Å². The summed E-state index contributed by atoms with van der Waals surface area (Å²) < 4.78 is 0. The minimum atomic E-state index is -0.319. The SMILES string of the molecule is CN1CCCc2cc(C(O)CCN3CCCCCC3)ccc21. The van der Waals surface area contributed by atoms with Crippen molar-refractivity contribution in [2.75, 3.05) is 38.1 Å². The number of benzene rings is 1. The van der Waals surface area contributed by atoms with Gasteiger partial charge in [-0.1, -0.05) is 25.0 Å². The van der Waals surface area contributed by atoms with Crippen LogP contribution < -0.4 is 4.90 Å². The van der Waals surface area contributed by atoms with Gasteiger partial charge in [0.1, 0.15) is 0 Å². The summed E-state index contributed by atoms with van der Waals surface area (Å²) in [5.41, 5.74) is 3.85. The first-order chi connectivity index (χ1) is 10.7. The highest BCUT2D eigenvalue weighted by Gasteiger charge is 2.17. The molecule has 1 saturated heterocycles. The minimum absolute atomic E-state index is 0.319. The first-order valence-corrected chi connectivity index (χ1v) is 8.98. The van der Waals surface area contributed by atoms with Gasteiger partial charge in [0.15, 0.2) is 0 Å². The van der Waals surface area contributed by atoms with Crippen molar-refractivity contribution in [2.24, 2.45) is 0 Å². The Labute approximate surface area is 134 Å². The molecule has 0 aliphatic carbocycles. The molecular weight excluding hydrogens is 272 g/mol. The predicted octanol–water partition coefficient (Wildman–Crippen LogP) is 3.37. The Morgan fingerprint density at radius 2 is 1.82 bits per heavy atom. The number of aryl methyl sites for hydroxylation is 1. The second-order valence-electron chi connectivity index (χ2n) is 6.97. The van der Waals surface area contributed by atoms with Crippen LogP contribution in [0.25, 0.3) is 0 Å². The number of likely N-dealkylation sites (tertiary alicyclic amines) is 1. The number of hydrogen-bond acceptors (Lipinski definition) is 3. The van der Waals surface area contributed by atoms with E-state index in [1.165, 1.54) is 56.4 Å². The summed E-state index contributed by atoms with van der Waals surface area (Å²) in [4.78, 5) is 4.86. The fourth-order valence-electron chi connectivity index (χ4n) is 3.84. The summed E-state index contributed by atoms with van der Waals surface area (Å²) >= 11 is 0. The number of aliphatic hydroxyl groups excluding tert-OH is 1. The second-order valence-corrected chi connectivity index (χ2v) is 6.97. The van der Waals surface area contributed by atoms with E-state index in [0.717, 1.165) is 31.5 Å². The molecule has 122 valence electrons. The van der Waals surface area contributed by atoms with Crippen molar-refractivity contribution in [1.82, 2.24) is 4.90 Å². The average Bonchev–Trinajstić information content (AvgIpc) is 2.81. The van der Waals surface area contributed by atoms with Crippen LogP contribution in [0.5, 0.6) is 0 Å². The Kier molecular flexibility index (Phi) is 5.37. The maximum Gasteiger partial charge on any atom is 0.0802 e. The molecule has 3 nitrogen and oxygen atoms in total. The van der Waals surface area contributed by atoms with Gasteiger partial charge < -0.3 is 14.9 Å². The van der Waals surface area contributed by atoms with Gasteiger partial charge in [0.05, 0.1) is 6.10 Å². The molecule has 2 aliphatic heterocycles. The maximum absolute atomic E-state index is 10.5. The third-order valence-electron chi connectivity index (χ3n) is 5.26. The smallest absolute Gasteiger partial charge is 0.0802 e. The molecule has 3 rings (SSSR count). The van der Waals surface area contributed by atoms with E-state index in [-0.39, 0.29) is 6.10 Å². The lowest BCUT2D eigenvalue weighted by molar-refractivity contribution is 0.143. The zero-order valence-electron chi connectivity index (χ0n) is 13.9. The molecule has 22 heavy (non-hydrogen) atoms. The second kappa shape index (κ2) is 7.47. The van der Waals surface area contributed by atoms with Gasteiger partial charge in [0, 0.05) is 25.8 Å². The van der Waals surface area contributed by atoms with Crippen molar-refractivity contribution < 1.29 is 5.11 Å². The highest BCUT2D eigenvalue weighted by Crippen LogP contribution is 2.29. The van der Waals surface area contributed by atoms with Crippen molar-refractivity contribution in [3.63, 3.8) is 0 Å². The molecule has 3 heteroatoms. The number of hydrogen-bond donors (Lipinski definition) is 1. The van der Waals surface area contributed by atoms with E-state index in [4.69, 9.17) is 0 Å². The molecule has 0 spiro atoms. The quantitative estimate of drug-likeness (QED) is 0.924. The first kappa shape index (κ1) is 15.8. The Bertz CT molecular complexity index is 480. The van der Waals surface area contributed by atoms with Gasteiger partial charge in [-0.25, -0.2) is 0 Å². The molecule has 1 fully saturated rings. The van der Waals surface area contributed by atoms with Crippen molar-refractivity contribution in [1.29, 1.82) is 0 Å². The zero-order chi connectivity index (χ0) is 15.4. The third kappa shape index (κ3) is 3.82. The van der Waals surface area contributed by atoms with Gasteiger partial charge in [-0.2, -0.15) is 0 Å². The van der Waals surface area contributed by atoms with Gasteiger partial charge >= 0.3 is 0 Å². The summed E-state index contributed by atoms with van der Waals surface area (Å²) in [6.45, 7) is 4.59. The molecule has 0 amide bonds. The molecule has 2 aliphatic rings. The van der Waals surface area contributed by atoms with Crippen LogP contribution in [0.4, 0.5) is 5.69 Å². The lowest BCUT2D eigenvalue weighted by Crippen LogP contribution is -2.27. The van der Waals surface area contributed by atoms with Crippen LogP contribution in [-0.2, 0) is 6.42 Å². The molecule has 0 saturated carbocycles. The Hall–Kier alpha value is -1.06. The van der Waals surface area contributed by atoms with Crippen molar-refractivity contribution in [2.45, 2.75) is 51.0 Å². The number of aliphatic hydroxyl groups is 1. The Morgan fingerprint density at radius 1 is 1.05 bits per heavy atom. The number of rotatable bonds is 4. The summed E-state index contributed by atoms with van der Waals surface area (Å²) in [5, 5.41) is 10.5. The molecule has 0 radical (unpaired) electrons. The van der Waals surface area contributed by atoms with E-state index in [2.05, 4.69) is 35.0 Å². The topological polar surface area (TPSA) is 26.7 Å². The normalized spacial score (nSPS) is 21.3. The standard InChI is InChI=1S/C19H30N2O/c1-20-11-6-7-16-15-17(8-9-18(16)20)19(22)10-14-21-12-4-2-3-5-13-21/h8-9,15,19,22H,2-7,10-14H2,1H3. The molecule has 1 aromatic rings. The van der Waals surface area contributed by atoms with Crippen LogP contribution in [0.3, 0.4) is 0 Å². The molecule has 0 aromatic heterocycles. The van der Waals surface area contributed by atoms with Crippen LogP contribution in [-0.4, -0.2) is 43.2 Å². The predicted molar refractivity (Wildman–Crippen MR) is 92.5 cm³/mol. The highest BCUT2D eigenvalue weighted by atomic mass is 16.3. The molecule has 1 atom stereocenters. The number of fused-ring (bicyclic) bond motifs is 1. The fraction of sp³-hybridized carbons (Fsp3) is 0.684. The Balaban J connectivity index is 1.58. The average molecular weight is 302 g/mol. The van der Waals surface area contributed by atoms with Crippen LogP contribution in [0, 0.1) is 0 Å². The summed E-state index contributed by atoms with van der Waals surface area (Å²) in [5.74, 6) is 0. The Morgan fingerprint density at radius 3 is 2.59 bits per heavy atom. The van der Waals surface area contributed by atoms with E-state index in [1.54, 1.807) is 0 Å². The van der Waals surface area contributed by atoms with E-state index in [1.807, 2.05) is 0 Å². The molecule has 2 heterocycles. The van der Waals surface area contributed by atoms with Crippen LogP contribution >= 0.6 is 0 Å². The van der Waals surface area contributed by atoms with E-state index >= 15 is 0 Å². The number of nitrogens with zero attached hydrogens (tertiary/aromatic N) is 2. The monoisotopic (exact) mass is 302 g/mol. The molecular formula is C19H30N2O. The highest BCUT2D eigenvalue weighted by molar-refractivity contribution is 5.56. The van der Waals surface area contributed by atoms with Crippen molar-refractivity contribution in [3.05, 3.63) is 29.3 Å². The van der Waals surface area contributed by atoms with Crippen LogP contribution in [0.1, 0.15) is 55.8 Å². The van der Waals surface area contributed by atoms with E-state index in [9.17, 15) is 5.11 Å². The van der Waals surface area contributed by atoms with Gasteiger partial charge in [0.2, 0.25) is 0 Å². The fourth-order valence-corrected chi connectivity index (χ4v) is 3.84. The van der Waals surface area contributed by atoms with Crippen LogP contribution in [0.2, 0.25) is 0 Å².